The topological polar surface area (TPSA) is 90.5 Å². The van der Waals surface area contributed by atoms with Crippen molar-refractivity contribution in [2.45, 2.75) is 12.8 Å². The van der Waals surface area contributed by atoms with Gasteiger partial charge in [-0.05, 0) is 25.4 Å². The van der Waals surface area contributed by atoms with Gasteiger partial charge >= 0.3 is 12.0 Å². The maximum Gasteiger partial charge on any atom is 0.314 e. The number of carboxylic acids is 1. The van der Waals surface area contributed by atoms with Gasteiger partial charge in [-0.3, -0.25) is 4.79 Å². The molecule has 0 aromatic carbocycles. The molecule has 1 atom stereocenters. The minimum Gasteiger partial charge on any atom is -0.481 e. The second kappa shape index (κ2) is 6.23. The van der Waals surface area contributed by atoms with E-state index in [9.17, 15) is 9.59 Å². The Kier molecular flexibility index (Phi) is 4.89. The number of amides is 2. The predicted octanol–water partition coefficient (Wildman–Crippen LogP) is -0.630. The second-order valence-electron chi connectivity index (χ2n) is 3.64. The smallest absolute Gasteiger partial charge is 0.314 e. The lowest BCUT2D eigenvalue weighted by molar-refractivity contribution is -0.136. The van der Waals surface area contributed by atoms with Crippen LogP contribution in [-0.4, -0.2) is 43.3 Å². The molecule has 0 aromatic rings. The molecule has 1 rings (SSSR count). The van der Waals surface area contributed by atoms with Gasteiger partial charge in [0.2, 0.25) is 0 Å². The van der Waals surface area contributed by atoms with Crippen LogP contribution >= 0.6 is 0 Å². The highest BCUT2D eigenvalue weighted by Gasteiger charge is 2.14. The molecule has 4 N–H and O–H groups in total. The first kappa shape index (κ1) is 11.8. The predicted molar refractivity (Wildman–Crippen MR) is 54.6 cm³/mol. The minimum atomic E-state index is -0.907. The quantitative estimate of drug-likeness (QED) is 0.491. The summed E-state index contributed by atoms with van der Waals surface area (Å²) in [6, 6.07) is -0.289. The van der Waals surface area contributed by atoms with Gasteiger partial charge in [-0.2, -0.15) is 0 Å². The van der Waals surface area contributed by atoms with Crippen molar-refractivity contribution in [1.29, 1.82) is 0 Å². The summed E-state index contributed by atoms with van der Waals surface area (Å²) in [7, 11) is 0. The molecule has 1 aliphatic heterocycles. The SMILES string of the molecule is O=C(O)CCNC(=O)NCC1CCNC1. The summed E-state index contributed by atoms with van der Waals surface area (Å²) < 4.78 is 0. The maximum atomic E-state index is 11.1. The normalized spacial score (nSPS) is 19.9. The van der Waals surface area contributed by atoms with E-state index in [1.54, 1.807) is 0 Å². The van der Waals surface area contributed by atoms with E-state index >= 15 is 0 Å². The van der Waals surface area contributed by atoms with Gasteiger partial charge in [-0.1, -0.05) is 0 Å². The van der Waals surface area contributed by atoms with Crippen molar-refractivity contribution in [1.82, 2.24) is 16.0 Å². The number of carbonyl (C=O) groups is 2. The number of carboxylic acid groups (broad SMARTS) is 1. The number of hydrogen-bond acceptors (Lipinski definition) is 3. The standard InChI is InChI=1S/C9H17N3O3/c13-8(14)2-4-11-9(15)12-6-7-1-3-10-5-7/h7,10H,1-6H2,(H,13,14)(H2,11,12,15). The summed E-state index contributed by atoms with van der Waals surface area (Å²) in [5.74, 6) is -0.412. The Labute approximate surface area is 88.4 Å². The molecule has 1 heterocycles. The first-order valence-corrected chi connectivity index (χ1v) is 5.12. The van der Waals surface area contributed by atoms with Crippen LogP contribution in [0.4, 0.5) is 4.79 Å². The first-order chi connectivity index (χ1) is 7.18. The number of aliphatic carboxylic acids is 1. The van der Waals surface area contributed by atoms with Gasteiger partial charge in [0.1, 0.15) is 0 Å². The van der Waals surface area contributed by atoms with Gasteiger partial charge < -0.3 is 21.1 Å². The number of nitrogens with one attached hydrogen (secondary N) is 3. The number of carbonyl (C=O) groups excluding carboxylic acids is 1. The summed E-state index contributed by atoms with van der Waals surface area (Å²) in [6.07, 6.45) is 1.04. The van der Waals surface area contributed by atoms with Gasteiger partial charge in [0.05, 0.1) is 6.42 Å². The third-order valence-electron chi connectivity index (χ3n) is 2.34. The van der Waals surface area contributed by atoms with Crippen LogP contribution in [0.5, 0.6) is 0 Å². The largest absolute Gasteiger partial charge is 0.481 e. The fourth-order valence-corrected chi connectivity index (χ4v) is 1.47. The van der Waals surface area contributed by atoms with Crippen LogP contribution in [0.2, 0.25) is 0 Å². The summed E-state index contributed by atoms with van der Waals surface area (Å²) in [4.78, 5) is 21.3. The van der Waals surface area contributed by atoms with Crippen molar-refractivity contribution >= 4 is 12.0 Å². The molecular formula is C9H17N3O3. The molecule has 6 nitrogen and oxygen atoms in total. The van der Waals surface area contributed by atoms with Crippen LogP contribution in [-0.2, 0) is 4.79 Å². The molecule has 86 valence electrons. The molecule has 6 heteroatoms. The van der Waals surface area contributed by atoms with E-state index in [1.807, 2.05) is 0 Å². The molecule has 0 radical (unpaired) electrons. The van der Waals surface area contributed by atoms with E-state index in [2.05, 4.69) is 16.0 Å². The van der Waals surface area contributed by atoms with E-state index < -0.39 is 5.97 Å². The fourth-order valence-electron chi connectivity index (χ4n) is 1.47. The van der Waals surface area contributed by atoms with E-state index in [1.165, 1.54) is 0 Å². The monoisotopic (exact) mass is 215 g/mol. The molecule has 0 bridgehead atoms. The van der Waals surface area contributed by atoms with E-state index in [4.69, 9.17) is 5.11 Å². The first-order valence-electron chi connectivity index (χ1n) is 5.12. The van der Waals surface area contributed by atoms with Gasteiger partial charge in [0.15, 0.2) is 0 Å². The number of rotatable bonds is 5. The average Bonchev–Trinajstić information content (AvgIpc) is 2.66. The van der Waals surface area contributed by atoms with Crippen molar-refractivity contribution in [3.05, 3.63) is 0 Å². The van der Waals surface area contributed by atoms with E-state index in [0.29, 0.717) is 12.5 Å². The second-order valence-corrected chi connectivity index (χ2v) is 3.64. The van der Waals surface area contributed by atoms with Crippen molar-refractivity contribution in [2.75, 3.05) is 26.2 Å². The summed E-state index contributed by atoms with van der Waals surface area (Å²) in [6.45, 7) is 2.76. The molecule has 0 saturated carbocycles. The molecule has 1 fully saturated rings. The molecule has 2 amide bonds. The lowest BCUT2D eigenvalue weighted by Crippen LogP contribution is -2.39. The molecule has 0 aliphatic carbocycles. The number of urea groups is 1. The molecule has 1 unspecified atom stereocenters. The Balaban J connectivity index is 2.00. The van der Waals surface area contributed by atoms with E-state index in [-0.39, 0.29) is 19.0 Å². The van der Waals surface area contributed by atoms with Crippen LogP contribution in [0.25, 0.3) is 0 Å². The maximum absolute atomic E-state index is 11.1. The Morgan fingerprint density at radius 2 is 2.20 bits per heavy atom. The molecule has 15 heavy (non-hydrogen) atoms. The van der Waals surface area contributed by atoms with Crippen molar-refractivity contribution in [3.63, 3.8) is 0 Å². The molecule has 1 saturated heterocycles. The van der Waals surface area contributed by atoms with Gasteiger partial charge in [0.25, 0.3) is 0 Å². The van der Waals surface area contributed by atoms with Crippen LogP contribution in [0.3, 0.4) is 0 Å². The van der Waals surface area contributed by atoms with E-state index in [0.717, 1.165) is 19.5 Å². The number of hydrogen-bond donors (Lipinski definition) is 4. The van der Waals surface area contributed by atoms with Gasteiger partial charge in [-0.15, -0.1) is 0 Å². The Bertz CT molecular complexity index is 227. The lowest BCUT2D eigenvalue weighted by atomic mass is 10.1. The highest BCUT2D eigenvalue weighted by molar-refractivity contribution is 5.74. The van der Waals surface area contributed by atoms with Crippen molar-refractivity contribution in [3.8, 4) is 0 Å². The van der Waals surface area contributed by atoms with Gasteiger partial charge in [-0.25, -0.2) is 4.79 Å². The average molecular weight is 215 g/mol. The van der Waals surface area contributed by atoms with Gasteiger partial charge in [0, 0.05) is 13.1 Å². The van der Waals surface area contributed by atoms with Crippen LogP contribution in [0, 0.1) is 5.92 Å². The highest BCUT2D eigenvalue weighted by Crippen LogP contribution is 2.04. The summed E-state index contributed by atoms with van der Waals surface area (Å²) >= 11 is 0. The molecular weight excluding hydrogens is 198 g/mol. The molecule has 1 aliphatic rings. The van der Waals surface area contributed by atoms with Crippen LogP contribution < -0.4 is 16.0 Å². The zero-order valence-electron chi connectivity index (χ0n) is 8.58. The Hall–Kier alpha value is -1.30. The fraction of sp³-hybridized carbons (Fsp3) is 0.778. The minimum absolute atomic E-state index is 0.0432. The summed E-state index contributed by atoms with van der Waals surface area (Å²) in [5.41, 5.74) is 0. The third-order valence-corrected chi connectivity index (χ3v) is 2.34. The highest BCUT2D eigenvalue weighted by atomic mass is 16.4. The zero-order chi connectivity index (χ0) is 11.1. The zero-order valence-corrected chi connectivity index (χ0v) is 8.58. The Morgan fingerprint density at radius 3 is 2.80 bits per heavy atom. The Morgan fingerprint density at radius 1 is 1.40 bits per heavy atom. The lowest BCUT2D eigenvalue weighted by Gasteiger charge is -2.10. The summed E-state index contributed by atoms with van der Waals surface area (Å²) in [5, 5.41) is 16.8. The van der Waals surface area contributed by atoms with Crippen LogP contribution in [0.15, 0.2) is 0 Å². The third kappa shape index (κ3) is 5.21. The molecule has 0 aromatic heterocycles. The molecule has 0 spiro atoms. The van der Waals surface area contributed by atoms with Crippen molar-refractivity contribution < 1.29 is 14.7 Å². The van der Waals surface area contributed by atoms with Crippen LogP contribution in [0.1, 0.15) is 12.8 Å². The van der Waals surface area contributed by atoms with Crippen molar-refractivity contribution in [2.24, 2.45) is 5.92 Å².